The number of carbonyl (C=O) groups excluding carboxylic acids is 1. The number of rotatable bonds is 6. The van der Waals surface area contributed by atoms with Gasteiger partial charge in [0.05, 0.1) is 23.8 Å². The molecular formula is C20H21ClFN3O3. The number of anilines is 1. The van der Waals surface area contributed by atoms with Gasteiger partial charge in [0, 0.05) is 47.9 Å². The fraction of sp³-hybridized carbons (Fsp3) is 0.400. The predicted molar refractivity (Wildman–Crippen MR) is 104 cm³/mol. The summed E-state index contributed by atoms with van der Waals surface area (Å²) in [5.41, 5.74) is 1.47. The van der Waals surface area contributed by atoms with Crippen LogP contribution in [0.15, 0.2) is 24.4 Å². The Bertz CT molecular complexity index is 927. The van der Waals surface area contributed by atoms with Gasteiger partial charge in [0.1, 0.15) is 11.6 Å². The lowest BCUT2D eigenvalue weighted by atomic mass is 9.95. The monoisotopic (exact) mass is 405 g/mol. The summed E-state index contributed by atoms with van der Waals surface area (Å²) in [5, 5.41) is 22.0. The summed E-state index contributed by atoms with van der Waals surface area (Å²) in [5.74, 6) is -0.531. The molecule has 2 heterocycles. The van der Waals surface area contributed by atoms with E-state index < -0.39 is 11.7 Å². The van der Waals surface area contributed by atoms with Gasteiger partial charge < -0.3 is 20.4 Å². The first-order valence-corrected chi connectivity index (χ1v) is 9.63. The number of hydrogen-bond acceptors (Lipinski definition) is 5. The van der Waals surface area contributed by atoms with Crippen LogP contribution in [-0.4, -0.2) is 58.9 Å². The summed E-state index contributed by atoms with van der Waals surface area (Å²) in [6.45, 7) is 0.263. The number of benzene rings is 1. The summed E-state index contributed by atoms with van der Waals surface area (Å²) >= 11 is 6.67. The quantitative estimate of drug-likeness (QED) is 0.687. The fourth-order valence-electron chi connectivity index (χ4n) is 3.85. The second kappa shape index (κ2) is 7.31. The smallest absolute Gasteiger partial charge is 0.257 e. The van der Waals surface area contributed by atoms with Crippen molar-refractivity contribution >= 4 is 23.3 Å². The topological polar surface area (TPSA) is 85.7 Å². The van der Waals surface area contributed by atoms with Crippen molar-refractivity contribution in [2.24, 2.45) is 0 Å². The minimum Gasteiger partial charge on any atom is -0.395 e. The normalized spacial score (nSPS) is 16.0. The molecule has 1 aliphatic carbocycles. The van der Waals surface area contributed by atoms with E-state index in [1.54, 1.807) is 12.1 Å². The Morgan fingerprint density at radius 1 is 1.25 bits per heavy atom. The highest BCUT2D eigenvalue weighted by Crippen LogP contribution is 2.57. The molecule has 3 N–H and O–H groups in total. The van der Waals surface area contributed by atoms with Crippen molar-refractivity contribution in [2.75, 3.05) is 38.2 Å². The van der Waals surface area contributed by atoms with Crippen LogP contribution in [0.4, 0.5) is 10.2 Å². The minimum absolute atomic E-state index is 0.00160. The number of aliphatic hydroxyl groups excluding tert-OH is 2. The van der Waals surface area contributed by atoms with Crippen molar-refractivity contribution in [1.82, 2.24) is 9.88 Å². The molecule has 2 aliphatic rings. The maximum absolute atomic E-state index is 15.3. The highest BCUT2D eigenvalue weighted by molar-refractivity contribution is 6.34. The van der Waals surface area contributed by atoms with Gasteiger partial charge in [-0.05, 0) is 18.9 Å². The van der Waals surface area contributed by atoms with Crippen LogP contribution in [0.25, 0.3) is 11.1 Å². The summed E-state index contributed by atoms with van der Waals surface area (Å²) in [4.78, 5) is 18.4. The molecule has 1 amide bonds. The first-order chi connectivity index (χ1) is 13.5. The average Bonchev–Trinajstić information content (AvgIpc) is 3.37. The van der Waals surface area contributed by atoms with Crippen LogP contribution in [0.3, 0.4) is 0 Å². The van der Waals surface area contributed by atoms with Crippen LogP contribution in [0, 0.1) is 5.82 Å². The molecule has 6 nitrogen and oxygen atoms in total. The second-order valence-electron chi connectivity index (χ2n) is 7.25. The van der Waals surface area contributed by atoms with Crippen LogP contribution in [0.5, 0.6) is 0 Å². The summed E-state index contributed by atoms with van der Waals surface area (Å²) < 4.78 is 15.3. The Morgan fingerprint density at radius 3 is 2.61 bits per heavy atom. The number of amides is 1. The Balaban J connectivity index is 1.75. The van der Waals surface area contributed by atoms with Gasteiger partial charge in [0.15, 0.2) is 0 Å². The molecule has 1 spiro atoms. The zero-order chi connectivity index (χ0) is 19.9. The zero-order valence-corrected chi connectivity index (χ0v) is 16.0. The van der Waals surface area contributed by atoms with E-state index in [0.29, 0.717) is 10.6 Å². The molecule has 148 valence electrons. The lowest BCUT2D eigenvalue weighted by molar-refractivity contribution is 0.0680. The molecule has 0 unspecified atom stereocenters. The van der Waals surface area contributed by atoms with E-state index in [4.69, 9.17) is 21.8 Å². The molecule has 0 saturated heterocycles. The van der Waals surface area contributed by atoms with E-state index in [1.165, 1.54) is 17.2 Å². The van der Waals surface area contributed by atoms with E-state index >= 15 is 4.39 Å². The van der Waals surface area contributed by atoms with Gasteiger partial charge in [-0.25, -0.2) is 9.37 Å². The van der Waals surface area contributed by atoms with Gasteiger partial charge in [-0.15, -0.1) is 0 Å². The van der Waals surface area contributed by atoms with E-state index in [-0.39, 0.29) is 42.8 Å². The SMILES string of the molecule is O=C(c1cccc(-c2cnc3c(c2Cl)C2(CC2)CN3)c1F)N(CCO)CCO. The van der Waals surface area contributed by atoms with Crippen LogP contribution in [-0.2, 0) is 5.41 Å². The van der Waals surface area contributed by atoms with Crippen LogP contribution in [0.2, 0.25) is 5.02 Å². The maximum Gasteiger partial charge on any atom is 0.257 e. The van der Waals surface area contributed by atoms with Crippen LogP contribution in [0.1, 0.15) is 28.8 Å². The molecule has 1 aromatic heterocycles. The van der Waals surface area contributed by atoms with Crippen molar-refractivity contribution in [3.63, 3.8) is 0 Å². The number of halogens is 2. The number of nitrogens with zero attached hydrogens (tertiary/aromatic N) is 2. The molecule has 0 bridgehead atoms. The third kappa shape index (κ3) is 3.03. The summed E-state index contributed by atoms with van der Waals surface area (Å²) in [7, 11) is 0. The average molecular weight is 406 g/mol. The van der Waals surface area contributed by atoms with Crippen molar-refractivity contribution in [1.29, 1.82) is 0 Å². The van der Waals surface area contributed by atoms with Crippen molar-refractivity contribution in [2.45, 2.75) is 18.3 Å². The molecule has 8 heteroatoms. The first kappa shape index (κ1) is 19.1. The van der Waals surface area contributed by atoms with Gasteiger partial charge in [-0.1, -0.05) is 23.7 Å². The number of pyridine rings is 1. The highest BCUT2D eigenvalue weighted by Gasteiger charge is 2.51. The van der Waals surface area contributed by atoms with Gasteiger partial charge in [0.2, 0.25) is 0 Å². The molecule has 1 fully saturated rings. The third-order valence-electron chi connectivity index (χ3n) is 5.54. The largest absolute Gasteiger partial charge is 0.395 e. The van der Waals surface area contributed by atoms with Gasteiger partial charge in [0.25, 0.3) is 5.91 Å². The van der Waals surface area contributed by atoms with E-state index in [2.05, 4.69) is 10.3 Å². The molecule has 0 radical (unpaired) electrons. The Morgan fingerprint density at radius 2 is 1.96 bits per heavy atom. The number of fused-ring (bicyclic) bond motifs is 2. The Kier molecular flexibility index (Phi) is 4.99. The third-order valence-corrected chi connectivity index (χ3v) is 5.93. The van der Waals surface area contributed by atoms with Crippen LogP contribution < -0.4 is 5.32 Å². The van der Waals surface area contributed by atoms with Gasteiger partial charge >= 0.3 is 0 Å². The molecule has 1 aliphatic heterocycles. The number of carbonyl (C=O) groups is 1. The summed E-state index contributed by atoms with van der Waals surface area (Å²) in [6.07, 6.45) is 3.58. The zero-order valence-electron chi connectivity index (χ0n) is 15.2. The lowest BCUT2D eigenvalue weighted by Gasteiger charge is -2.21. The molecule has 0 atom stereocenters. The highest BCUT2D eigenvalue weighted by atomic mass is 35.5. The molecule has 1 saturated carbocycles. The number of aliphatic hydroxyl groups is 2. The molecular weight excluding hydrogens is 385 g/mol. The van der Waals surface area contributed by atoms with Crippen molar-refractivity contribution in [3.8, 4) is 11.1 Å². The van der Waals surface area contributed by atoms with Crippen molar-refractivity contribution < 1.29 is 19.4 Å². The molecule has 4 rings (SSSR count). The maximum atomic E-state index is 15.3. The predicted octanol–water partition coefficient (Wildman–Crippen LogP) is 2.43. The Labute approximate surface area is 167 Å². The van der Waals surface area contributed by atoms with Gasteiger partial charge in [-0.2, -0.15) is 0 Å². The van der Waals surface area contributed by atoms with E-state index in [1.807, 2.05) is 0 Å². The lowest BCUT2D eigenvalue weighted by Crippen LogP contribution is -2.36. The number of hydrogen-bond donors (Lipinski definition) is 3. The van der Waals surface area contributed by atoms with E-state index in [0.717, 1.165) is 30.8 Å². The Hall–Kier alpha value is -2.22. The van der Waals surface area contributed by atoms with Crippen molar-refractivity contribution in [3.05, 3.63) is 46.4 Å². The second-order valence-corrected chi connectivity index (χ2v) is 7.63. The first-order valence-electron chi connectivity index (χ1n) is 9.25. The van der Waals surface area contributed by atoms with Crippen LogP contribution >= 0.6 is 11.6 Å². The van der Waals surface area contributed by atoms with Gasteiger partial charge in [-0.3, -0.25) is 4.79 Å². The fourth-order valence-corrected chi connectivity index (χ4v) is 4.29. The molecule has 2 aromatic rings. The number of aromatic nitrogens is 1. The molecule has 28 heavy (non-hydrogen) atoms. The minimum atomic E-state index is -0.687. The number of nitrogens with one attached hydrogen (secondary N) is 1. The standard InChI is InChI=1S/C20H21ClFN3O3/c21-16-14(10-23-18-15(16)20(4-5-20)11-24-18)12-2-1-3-13(17(12)22)19(28)25(6-8-26)7-9-27/h1-3,10,26-27H,4-9,11H2,(H,23,24). The van der Waals surface area contributed by atoms with E-state index in [9.17, 15) is 4.79 Å². The molecule has 1 aromatic carbocycles. The summed E-state index contributed by atoms with van der Waals surface area (Å²) in [6, 6.07) is 4.56.